The van der Waals surface area contributed by atoms with Gasteiger partial charge in [-0.2, -0.15) is 0 Å². The van der Waals surface area contributed by atoms with Gasteiger partial charge in [0.05, 0.1) is 5.56 Å². The summed E-state index contributed by atoms with van der Waals surface area (Å²) in [7, 11) is 0. The number of phenolic OH excluding ortho intramolecular Hbond substituents is 1. The molecule has 2 heteroatoms. The van der Waals surface area contributed by atoms with Crippen molar-refractivity contribution in [3.8, 4) is 11.5 Å². The van der Waals surface area contributed by atoms with Crippen LogP contribution in [0.15, 0.2) is 55.1 Å². The second kappa shape index (κ2) is 5.61. The first kappa shape index (κ1) is 13.2. The van der Waals surface area contributed by atoms with Gasteiger partial charge in [-0.25, -0.2) is 0 Å². The minimum atomic E-state index is 0.173. The van der Waals surface area contributed by atoms with E-state index in [0.29, 0.717) is 17.2 Å². The van der Waals surface area contributed by atoms with Crippen molar-refractivity contribution in [1.82, 2.24) is 0 Å². The lowest BCUT2D eigenvalue weighted by Gasteiger charge is -2.11. The SMILES string of the molecule is C=C(Oc1ccc(C(C)C)cc1)c1ccccc1O. The van der Waals surface area contributed by atoms with E-state index >= 15 is 0 Å². The number of hydrogen-bond acceptors (Lipinski definition) is 2. The van der Waals surface area contributed by atoms with Crippen molar-refractivity contribution in [1.29, 1.82) is 0 Å². The van der Waals surface area contributed by atoms with Gasteiger partial charge in [0.2, 0.25) is 0 Å². The molecule has 19 heavy (non-hydrogen) atoms. The first-order valence-electron chi connectivity index (χ1n) is 6.33. The highest BCUT2D eigenvalue weighted by Crippen LogP contribution is 2.27. The van der Waals surface area contributed by atoms with Crippen molar-refractivity contribution >= 4 is 5.76 Å². The molecule has 0 saturated carbocycles. The van der Waals surface area contributed by atoms with Crippen LogP contribution >= 0.6 is 0 Å². The van der Waals surface area contributed by atoms with Crippen molar-refractivity contribution in [2.75, 3.05) is 0 Å². The zero-order valence-corrected chi connectivity index (χ0v) is 11.3. The van der Waals surface area contributed by atoms with Crippen LogP contribution in [0.3, 0.4) is 0 Å². The van der Waals surface area contributed by atoms with Crippen LogP contribution in [0.4, 0.5) is 0 Å². The molecule has 0 bridgehead atoms. The minimum Gasteiger partial charge on any atom is -0.507 e. The lowest BCUT2D eigenvalue weighted by atomic mass is 10.0. The van der Waals surface area contributed by atoms with Gasteiger partial charge in [0.1, 0.15) is 17.3 Å². The smallest absolute Gasteiger partial charge is 0.131 e. The van der Waals surface area contributed by atoms with Gasteiger partial charge < -0.3 is 9.84 Å². The second-order valence-electron chi connectivity index (χ2n) is 4.77. The molecule has 2 aromatic rings. The molecule has 0 aliphatic carbocycles. The topological polar surface area (TPSA) is 29.5 Å². The Bertz CT molecular complexity index is 568. The van der Waals surface area contributed by atoms with Gasteiger partial charge in [0.25, 0.3) is 0 Å². The molecule has 0 aliphatic rings. The quantitative estimate of drug-likeness (QED) is 0.810. The highest BCUT2D eigenvalue weighted by molar-refractivity contribution is 5.65. The lowest BCUT2D eigenvalue weighted by Crippen LogP contribution is -1.94. The molecule has 0 spiro atoms. The average molecular weight is 254 g/mol. The normalized spacial score (nSPS) is 10.5. The van der Waals surface area contributed by atoms with E-state index in [1.165, 1.54) is 5.56 Å². The highest BCUT2D eigenvalue weighted by atomic mass is 16.5. The third-order valence-electron chi connectivity index (χ3n) is 2.99. The molecule has 2 rings (SSSR count). The molecule has 0 aromatic heterocycles. The van der Waals surface area contributed by atoms with Crippen LogP contribution in [-0.2, 0) is 0 Å². The Balaban J connectivity index is 2.13. The largest absolute Gasteiger partial charge is 0.507 e. The fourth-order valence-corrected chi connectivity index (χ4v) is 1.83. The molecule has 0 atom stereocenters. The number of benzene rings is 2. The molecule has 0 fully saturated rings. The number of rotatable bonds is 4. The van der Waals surface area contributed by atoms with Crippen LogP contribution in [0.5, 0.6) is 11.5 Å². The molecule has 98 valence electrons. The van der Waals surface area contributed by atoms with Crippen LogP contribution in [0, 0.1) is 0 Å². The van der Waals surface area contributed by atoms with Gasteiger partial charge in [0.15, 0.2) is 0 Å². The molecule has 0 radical (unpaired) electrons. The number of para-hydroxylation sites is 1. The Morgan fingerprint density at radius 2 is 1.68 bits per heavy atom. The predicted molar refractivity (Wildman–Crippen MR) is 78.3 cm³/mol. The number of aromatic hydroxyl groups is 1. The molecule has 0 heterocycles. The minimum absolute atomic E-state index is 0.173. The summed E-state index contributed by atoms with van der Waals surface area (Å²) in [6.07, 6.45) is 0. The van der Waals surface area contributed by atoms with Crippen LogP contribution < -0.4 is 4.74 Å². The van der Waals surface area contributed by atoms with E-state index < -0.39 is 0 Å². The van der Waals surface area contributed by atoms with Crippen LogP contribution in [-0.4, -0.2) is 5.11 Å². The zero-order chi connectivity index (χ0) is 13.8. The maximum Gasteiger partial charge on any atom is 0.131 e. The van der Waals surface area contributed by atoms with E-state index in [2.05, 4.69) is 20.4 Å². The lowest BCUT2D eigenvalue weighted by molar-refractivity contribution is 0.462. The molecular formula is C17H18O2. The van der Waals surface area contributed by atoms with E-state index in [4.69, 9.17) is 4.74 Å². The van der Waals surface area contributed by atoms with E-state index in [0.717, 1.165) is 5.75 Å². The summed E-state index contributed by atoms with van der Waals surface area (Å²) in [5, 5.41) is 9.74. The summed E-state index contributed by atoms with van der Waals surface area (Å²) in [5.74, 6) is 1.83. The second-order valence-corrected chi connectivity index (χ2v) is 4.77. The van der Waals surface area contributed by atoms with Crippen molar-refractivity contribution in [3.63, 3.8) is 0 Å². The first-order valence-corrected chi connectivity index (χ1v) is 6.33. The van der Waals surface area contributed by atoms with Crippen molar-refractivity contribution < 1.29 is 9.84 Å². The fourth-order valence-electron chi connectivity index (χ4n) is 1.83. The summed E-state index contributed by atoms with van der Waals surface area (Å²) in [5.41, 5.74) is 1.87. The Morgan fingerprint density at radius 3 is 2.26 bits per heavy atom. The van der Waals surface area contributed by atoms with Crippen LogP contribution in [0.2, 0.25) is 0 Å². The molecule has 0 amide bonds. The molecular weight excluding hydrogens is 236 g/mol. The van der Waals surface area contributed by atoms with E-state index in [1.54, 1.807) is 18.2 Å². The summed E-state index contributed by atoms with van der Waals surface area (Å²) in [6.45, 7) is 8.16. The average Bonchev–Trinajstić information content (AvgIpc) is 2.39. The Morgan fingerprint density at radius 1 is 1.05 bits per heavy atom. The predicted octanol–water partition coefficient (Wildman–Crippen LogP) is 4.57. The van der Waals surface area contributed by atoms with Crippen molar-refractivity contribution in [2.24, 2.45) is 0 Å². The molecule has 0 unspecified atom stereocenters. The zero-order valence-electron chi connectivity index (χ0n) is 11.3. The Kier molecular flexibility index (Phi) is 3.91. The standard InChI is InChI=1S/C17H18O2/c1-12(2)14-8-10-15(11-9-14)19-13(3)16-6-4-5-7-17(16)18/h4-12,18H,3H2,1-2H3. The molecule has 1 N–H and O–H groups in total. The number of ether oxygens (including phenoxy) is 1. The number of hydrogen-bond donors (Lipinski definition) is 1. The maximum absolute atomic E-state index is 9.74. The summed E-state index contributed by atoms with van der Waals surface area (Å²) in [6, 6.07) is 14.9. The van der Waals surface area contributed by atoms with E-state index in [9.17, 15) is 5.11 Å². The highest BCUT2D eigenvalue weighted by Gasteiger charge is 2.07. The van der Waals surface area contributed by atoms with E-state index in [-0.39, 0.29) is 5.75 Å². The Hall–Kier alpha value is -2.22. The number of phenols is 1. The first-order chi connectivity index (χ1) is 9.08. The molecule has 2 nitrogen and oxygen atoms in total. The van der Waals surface area contributed by atoms with Crippen LogP contribution in [0.25, 0.3) is 5.76 Å². The van der Waals surface area contributed by atoms with E-state index in [1.807, 2.05) is 30.3 Å². The molecule has 2 aromatic carbocycles. The van der Waals surface area contributed by atoms with Crippen LogP contribution in [0.1, 0.15) is 30.9 Å². The Labute approximate surface area is 114 Å². The maximum atomic E-state index is 9.74. The van der Waals surface area contributed by atoms with Gasteiger partial charge >= 0.3 is 0 Å². The summed E-state index contributed by atoms with van der Waals surface area (Å²) in [4.78, 5) is 0. The summed E-state index contributed by atoms with van der Waals surface area (Å²) < 4.78 is 5.66. The molecule has 0 saturated heterocycles. The third kappa shape index (κ3) is 3.16. The van der Waals surface area contributed by atoms with Gasteiger partial charge in [-0.3, -0.25) is 0 Å². The van der Waals surface area contributed by atoms with Gasteiger partial charge in [-0.15, -0.1) is 0 Å². The van der Waals surface area contributed by atoms with Gasteiger partial charge in [0, 0.05) is 0 Å². The molecule has 0 aliphatic heterocycles. The third-order valence-corrected chi connectivity index (χ3v) is 2.99. The van der Waals surface area contributed by atoms with Crippen molar-refractivity contribution in [3.05, 3.63) is 66.2 Å². The summed E-state index contributed by atoms with van der Waals surface area (Å²) >= 11 is 0. The monoisotopic (exact) mass is 254 g/mol. The van der Waals surface area contributed by atoms with Crippen molar-refractivity contribution in [2.45, 2.75) is 19.8 Å². The van der Waals surface area contributed by atoms with Gasteiger partial charge in [-0.05, 0) is 35.7 Å². The fraction of sp³-hybridized carbons (Fsp3) is 0.176. The van der Waals surface area contributed by atoms with Gasteiger partial charge in [-0.1, -0.05) is 44.7 Å².